The summed E-state index contributed by atoms with van der Waals surface area (Å²) in [6.45, 7) is 14.2. The molecule has 129 heavy (non-hydrogen) atoms. The summed E-state index contributed by atoms with van der Waals surface area (Å²) in [6, 6.07) is 143. The molecule has 0 aliphatic heterocycles. The van der Waals surface area contributed by atoms with Crippen LogP contribution in [0.25, 0.3) is 233 Å². The minimum atomic E-state index is -0.149. The predicted octanol–water partition coefficient (Wildman–Crippen LogP) is 30.4. The van der Waals surface area contributed by atoms with Crippen molar-refractivity contribution in [3.8, 4) is 102 Å². The molecule has 3 aliphatic rings. The molecule has 0 fully saturated rings. The molecule has 28 rings (SSSR count). The first-order chi connectivity index (χ1) is 63.2. The number of fused-ring (bicyclic) bond motifs is 27. The van der Waals surface area contributed by atoms with Gasteiger partial charge in [-0.25, -0.2) is 0 Å². The zero-order valence-electron chi connectivity index (χ0n) is 71.9. The van der Waals surface area contributed by atoms with E-state index in [1.807, 2.05) is 0 Å². The van der Waals surface area contributed by atoms with E-state index in [1.54, 1.807) is 0 Å². The topological polar surface area (TPSA) is 68.2 Å². The average Bonchev–Trinajstić information content (AvgIpc) is 1.57. The van der Waals surface area contributed by atoms with Crippen molar-refractivity contribution in [2.45, 2.75) is 57.8 Å². The van der Waals surface area contributed by atoms with Crippen molar-refractivity contribution in [3.63, 3.8) is 0 Å². The highest BCUT2D eigenvalue weighted by molar-refractivity contribution is 6.17. The van der Waals surface area contributed by atoms with Crippen LogP contribution in [0.4, 0.5) is 0 Å². The molecule has 0 atom stereocenters. The first kappa shape index (κ1) is 72.1. The number of hydrogen-bond acceptors (Lipinski definition) is 3. The number of hydrogen-bond donors (Lipinski definition) is 0. The quantitative estimate of drug-likeness (QED) is 0.145. The third kappa shape index (κ3) is 9.96. The van der Waals surface area contributed by atoms with Crippen molar-refractivity contribution in [1.29, 1.82) is 0 Å². The van der Waals surface area contributed by atoms with Gasteiger partial charge in [0.05, 0.1) is 66.2 Å². The predicted molar refractivity (Wildman–Crippen MR) is 535 cm³/mol. The van der Waals surface area contributed by atoms with Crippen molar-refractivity contribution >= 4 is 131 Å². The number of benzene rings is 18. The zero-order chi connectivity index (χ0) is 85.3. The SMILES string of the molecule is CC1(C)c2ccccc2-c2ccc(-n3c4ccccc4c4cc(-c5ccc6c7ccccc7n(-c7nc(-n8c9ccccc9c9ccc(-c%10ccc%11c(c%10)c%10ccccc%10n%11-c%10ccc%11c(c%10)C(C)(C)c%10ccccc%10-%11)cc98)nc(-n8c9ccccc9c9ccc(-c%10ccc%11c(c%10)c%10ccccc%10n%11-c%10ccc%11c(c%10)C(C)(C)c%10ccccc%10-%11)cc98)n7)c6c5)ccc43)cc21. The summed E-state index contributed by atoms with van der Waals surface area (Å²) in [4.78, 5) is 17.9. The summed E-state index contributed by atoms with van der Waals surface area (Å²) in [7, 11) is 0. The molecule has 0 unspecified atom stereocenters. The molecule has 25 aromatic rings. The van der Waals surface area contributed by atoms with Crippen molar-refractivity contribution in [2.24, 2.45) is 0 Å². The van der Waals surface area contributed by atoms with Gasteiger partial charge in [0.25, 0.3) is 0 Å². The molecule has 18 aromatic carbocycles. The lowest BCUT2D eigenvalue weighted by atomic mass is 9.82. The second-order valence-corrected chi connectivity index (χ2v) is 37.4. The first-order valence-corrected chi connectivity index (χ1v) is 45.0. The molecular formula is C120H81N9. The highest BCUT2D eigenvalue weighted by Gasteiger charge is 2.39. The van der Waals surface area contributed by atoms with Gasteiger partial charge in [0.2, 0.25) is 17.8 Å². The first-order valence-electron chi connectivity index (χ1n) is 45.0. The van der Waals surface area contributed by atoms with Crippen LogP contribution in [-0.4, -0.2) is 42.4 Å². The summed E-state index contributed by atoms with van der Waals surface area (Å²) in [6.07, 6.45) is 0. The molecule has 606 valence electrons. The standard InChI is InChI=1S/C120H81N9/c1-118(2)97-34-16-7-25-79(97)82-55-49-76(67-100(82)118)124-103-37-19-13-31-88(103)94-61-70(46-58-109(94)124)73-43-52-91-85-28-10-22-40-106(85)127(112(91)64-73)115-121-116(128-107-41-23-11-29-86(107)92-53-44-74(65-113(92)128)71-47-59-110-95(62-71)89-32-14-20-38-104(89)125(110)77-50-56-83-80-26-8-17-35-98(80)119(3,4)101(83)68-77)123-117(122-115)129-108-42-24-12-30-87(108)93-54-45-75(66-114(93)129)72-48-60-111-96(63-72)90-33-15-21-39-105(90)126(111)78-51-57-84-81-27-9-18-36-99(81)120(5,6)102(84)69-78/h7-69H,1-6H3. The molecule has 0 bridgehead atoms. The lowest BCUT2D eigenvalue weighted by Crippen LogP contribution is -2.15. The fraction of sp³-hybridized carbons (Fsp3) is 0.0750. The highest BCUT2D eigenvalue weighted by atomic mass is 15.3. The Bertz CT molecular complexity index is 8460. The van der Waals surface area contributed by atoms with Crippen molar-refractivity contribution in [1.82, 2.24) is 42.4 Å². The van der Waals surface area contributed by atoms with Crippen LogP contribution in [0.3, 0.4) is 0 Å². The van der Waals surface area contributed by atoms with E-state index in [9.17, 15) is 0 Å². The van der Waals surface area contributed by atoms with E-state index in [-0.39, 0.29) is 16.2 Å². The van der Waals surface area contributed by atoms with Crippen LogP contribution in [0, 0.1) is 0 Å². The Morgan fingerprint density at radius 1 is 0.155 bits per heavy atom. The normalized spacial score (nSPS) is 14.0. The summed E-state index contributed by atoms with van der Waals surface area (Å²) in [5.41, 5.74) is 38.4. The van der Waals surface area contributed by atoms with Crippen LogP contribution in [0.5, 0.6) is 0 Å². The maximum atomic E-state index is 5.95. The van der Waals surface area contributed by atoms with Gasteiger partial charge < -0.3 is 13.7 Å². The minimum absolute atomic E-state index is 0.149. The van der Waals surface area contributed by atoms with E-state index in [1.165, 1.54) is 116 Å². The molecule has 0 spiro atoms. The lowest BCUT2D eigenvalue weighted by molar-refractivity contribution is 0.660. The van der Waals surface area contributed by atoms with Gasteiger partial charge in [-0.15, -0.1) is 0 Å². The molecule has 0 saturated carbocycles. The summed E-state index contributed by atoms with van der Waals surface area (Å²) in [5, 5.41) is 13.7. The van der Waals surface area contributed by atoms with E-state index in [0.29, 0.717) is 17.8 Å². The van der Waals surface area contributed by atoms with Gasteiger partial charge in [0.15, 0.2) is 0 Å². The van der Waals surface area contributed by atoms with Crippen LogP contribution >= 0.6 is 0 Å². The van der Waals surface area contributed by atoms with Gasteiger partial charge in [0, 0.05) is 97.9 Å². The van der Waals surface area contributed by atoms with Crippen LogP contribution in [0.15, 0.2) is 382 Å². The Morgan fingerprint density at radius 3 is 0.651 bits per heavy atom. The van der Waals surface area contributed by atoms with Gasteiger partial charge in [-0.3, -0.25) is 13.7 Å². The number of para-hydroxylation sites is 6. The van der Waals surface area contributed by atoms with E-state index in [0.717, 1.165) is 132 Å². The van der Waals surface area contributed by atoms with Crippen LogP contribution in [-0.2, 0) is 16.2 Å². The number of nitrogens with zero attached hydrogens (tertiary/aromatic N) is 9. The fourth-order valence-electron chi connectivity index (χ4n) is 23.5. The Morgan fingerprint density at radius 2 is 0.364 bits per heavy atom. The Hall–Kier alpha value is -16.2. The van der Waals surface area contributed by atoms with Gasteiger partial charge in [0.1, 0.15) is 0 Å². The summed E-state index contributed by atoms with van der Waals surface area (Å²) in [5.74, 6) is 1.45. The van der Waals surface area contributed by atoms with Gasteiger partial charge in [-0.05, 0) is 228 Å². The van der Waals surface area contributed by atoms with Crippen LogP contribution in [0.2, 0.25) is 0 Å². The molecule has 3 aliphatic carbocycles. The molecule has 7 aromatic heterocycles. The smallest absolute Gasteiger partial charge is 0.241 e. The average molecular weight is 1650 g/mol. The van der Waals surface area contributed by atoms with E-state index in [4.69, 9.17) is 15.0 Å². The minimum Gasteiger partial charge on any atom is -0.309 e. The molecule has 0 radical (unpaired) electrons. The zero-order valence-corrected chi connectivity index (χ0v) is 71.9. The van der Waals surface area contributed by atoms with Crippen LogP contribution in [0.1, 0.15) is 74.9 Å². The van der Waals surface area contributed by atoms with Crippen molar-refractivity contribution < 1.29 is 0 Å². The molecular weight excluding hydrogens is 1570 g/mol. The van der Waals surface area contributed by atoms with Gasteiger partial charge in [-0.1, -0.05) is 296 Å². The molecule has 9 heteroatoms. The second-order valence-electron chi connectivity index (χ2n) is 37.4. The summed E-state index contributed by atoms with van der Waals surface area (Å²) >= 11 is 0. The van der Waals surface area contributed by atoms with Crippen molar-refractivity contribution in [3.05, 3.63) is 416 Å². The third-order valence-corrected chi connectivity index (χ3v) is 29.7. The fourth-order valence-corrected chi connectivity index (χ4v) is 23.5. The molecule has 0 saturated heterocycles. The Kier molecular flexibility index (Phi) is 14.5. The van der Waals surface area contributed by atoms with E-state index >= 15 is 0 Å². The summed E-state index contributed by atoms with van der Waals surface area (Å²) < 4.78 is 14.3. The van der Waals surface area contributed by atoms with Crippen LogP contribution < -0.4 is 0 Å². The van der Waals surface area contributed by atoms with E-state index in [2.05, 4.69) is 451 Å². The molecule has 0 N–H and O–H groups in total. The second kappa shape index (κ2) is 26.0. The molecule has 7 heterocycles. The maximum absolute atomic E-state index is 5.95. The maximum Gasteiger partial charge on any atom is 0.241 e. The molecule has 0 amide bonds. The largest absolute Gasteiger partial charge is 0.309 e. The monoisotopic (exact) mass is 1650 g/mol. The van der Waals surface area contributed by atoms with Gasteiger partial charge in [-0.2, -0.15) is 15.0 Å². The Balaban J connectivity index is 0.640. The lowest BCUT2D eigenvalue weighted by Gasteiger charge is -2.22. The number of rotatable bonds is 9. The molecule has 9 nitrogen and oxygen atoms in total. The van der Waals surface area contributed by atoms with Gasteiger partial charge >= 0.3 is 0 Å². The van der Waals surface area contributed by atoms with Crippen molar-refractivity contribution in [2.75, 3.05) is 0 Å². The third-order valence-electron chi connectivity index (χ3n) is 29.7. The Labute approximate surface area is 743 Å². The number of aromatic nitrogens is 9. The van der Waals surface area contributed by atoms with E-state index < -0.39 is 0 Å². The highest BCUT2D eigenvalue weighted by Crippen LogP contribution is 2.55.